The standard InChI is InChI=1S/C21H16ClF2N3O2S/c22-17-11-13(5-10-19(17)24)12-30-27-21(29)26-15-8-6-14(7-9-15)25-20(28)16-3-1-2-4-18(16)23/h1-11H,12H2,(H,25,28)(H2,26,27,29). The molecule has 3 amide bonds. The summed E-state index contributed by atoms with van der Waals surface area (Å²) in [4.78, 5) is 24.1. The third-order valence-corrected chi connectivity index (χ3v) is 5.00. The van der Waals surface area contributed by atoms with Gasteiger partial charge in [-0.2, -0.15) is 0 Å². The summed E-state index contributed by atoms with van der Waals surface area (Å²) in [6.45, 7) is 0. The van der Waals surface area contributed by atoms with Gasteiger partial charge in [-0.15, -0.1) is 0 Å². The van der Waals surface area contributed by atoms with Crippen LogP contribution in [0.4, 0.5) is 25.0 Å². The van der Waals surface area contributed by atoms with Crippen molar-refractivity contribution < 1.29 is 18.4 Å². The Labute approximate surface area is 181 Å². The van der Waals surface area contributed by atoms with E-state index >= 15 is 0 Å². The molecule has 5 nitrogen and oxygen atoms in total. The number of hydrogen-bond donors (Lipinski definition) is 3. The molecule has 0 radical (unpaired) electrons. The van der Waals surface area contributed by atoms with Gasteiger partial charge in [-0.25, -0.2) is 13.6 Å². The van der Waals surface area contributed by atoms with Gasteiger partial charge in [0.15, 0.2) is 0 Å². The zero-order valence-electron chi connectivity index (χ0n) is 15.4. The molecule has 0 fully saturated rings. The minimum absolute atomic E-state index is 0.0275. The highest BCUT2D eigenvalue weighted by atomic mass is 35.5. The van der Waals surface area contributed by atoms with Crippen molar-refractivity contribution in [1.29, 1.82) is 0 Å². The molecular formula is C21H16ClF2N3O2S. The first-order valence-electron chi connectivity index (χ1n) is 8.71. The van der Waals surface area contributed by atoms with Crippen LogP contribution in [-0.2, 0) is 5.75 Å². The monoisotopic (exact) mass is 447 g/mol. The smallest absolute Gasteiger partial charge is 0.322 e. The second kappa shape index (κ2) is 10.1. The van der Waals surface area contributed by atoms with Gasteiger partial charge in [-0.1, -0.05) is 29.8 Å². The van der Waals surface area contributed by atoms with Crippen molar-refractivity contribution in [1.82, 2.24) is 4.72 Å². The molecule has 0 atom stereocenters. The molecule has 0 unspecified atom stereocenters. The predicted octanol–water partition coefficient (Wildman–Crippen LogP) is 5.84. The summed E-state index contributed by atoms with van der Waals surface area (Å²) in [5.41, 5.74) is 1.67. The second-order valence-electron chi connectivity index (χ2n) is 6.10. The number of nitrogens with one attached hydrogen (secondary N) is 3. The molecule has 0 bridgehead atoms. The Bertz CT molecular complexity index is 1060. The predicted molar refractivity (Wildman–Crippen MR) is 116 cm³/mol. The summed E-state index contributed by atoms with van der Waals surface area (Å²) in [5, 5.41) is 5.26. The Morgan fingerprint density at radius 1 is 0.867 bits per heavy atom. The van der Waals surface area contributed by atoms with Gasteiger partial charge in [0.25, 0.3) is 5.91 Å². The lowest BCUT2D eigenvalue weighted by molar-refractivity contribution is 0.102. The summed E-state index contributed by atoms with van der Waals surface area (Å²) in [6, 6.07) is 16.0. The average Bonchev–Trinajstić information content (AvgIpc) is 2.72. The third kappa shape index (κ3) is 5.95. The highest BCUT2D eigenvalue weighted by Gasteiger charge is 2.11. The topological polar surface area (TPSA) is 70.2 Å². The highest BCUT2D eigenvalue weighted by Crippen LogP contribution is 2.19. The molecule has 3 aromatic rings. The van der Waals surface area contributed by atoms with Crippen LogP contribution in [0.5, 0.6) is 0 Å². The maximum absolute atomic E-state index is 13.7. The van der Waals surface area contributed by atoms with E-state index in [1.807, 2.05) is 0 Å². The van der Waals surface area contributed by atoms with E-state index in [1.54, 1.807) is 36.4 Å². The SMILES string of the molecule is O=C(NSCc1ccc(F)c(Cl)c1)Nc1ccc(NC(=O)c2ccccc2F)cc1. The van der Waals surface area contributed by atoms with E-state index < -0.39 is 23.6 Å². The molecule has 0 aromatic heterocycles. The van der Waals surface area contributed by atoms with Gasteiger partial charge in [0.05, 0.1) is 10.6 Å². The Balaban J connectivity index is 1.47. The summed E-state index contributed by atoms with van der Waals surface area (Å²) in [7, 11) is 0. The number of rotatable bonds is 6. The number of carbonyl (C=O) groups excluding carboxylic acids is 2. The van der Waals surface area contributed by atoms with Crippen molar-refractivity contribution in [2.24, 2.45) is 0 Å². The Morgan fingerprint density at radius 3 is 2.20 bits per heavy atom. The lowest BCUT2D eigenvalue weighted by atomic mass is 10.2. The largest absolute Gasteiger partial charge is 0.329 e. The van der Waals surface area contributed by atoms with Crippen LogP contribution >= 0.6 is 23.5 Å². The average molecular weight is 448 g/mol. The van der Waals surface area contributed by atoms with Gasteiger partial charge >= 0.3 is 6.03 Å². The van der Waals surface area contributed by atoms with E-state index in [9.17, 15) is 18.4 Å². The van der Waals surface area contributed by atoms with Gasteiger partial charge in [-0.3, -0.25) is 9.52 Å². The van der Waals surface area contributed by atoms with Crippen molar-refractivity contribution in [2.45, 2.75) is 5.75 Å². The van der Waals surface area contributed by atoms with Crippen molar-refractivity contribution in [3.63, 3.8) is 0 Å². The van der Waals surface area contributed by atoms with Crippen LogP contribution in [0.2, 0.25) is 5.02 Å². The quantitative estimate of drug-likeness (QED) is 0.416. The van der Waals surface area contributed by atoms with E-state index in [4.69, 9.17) is 11.6 Å². The van der Waals surface area contributed by atoms with Gasteiger partial charge in [-0.05, 0) is 66.0 Å². The number of urea groups is 1. The number of benzene rings is 3. The zero-order valence-corrected chi connectivity index (χ0v) is 17.0. The van der Waals surface area contributed by atoms with E-state index in [0.29, 0.717) is 17.1 Å². The highest BCUT2D eigenvalue weighted by molar-refractivity contribution is 7.97. The summed E-state index contributed by atoms with van der Waals surface area (Å²) >= 11 is 6.84. The van der Waals surface area contributed by atoms with Crippen LogP contribution < -0.4 is 15.4 Å². The van der Waals surface area contributed by atoms with Gasteiger partial charge in [0, 0.05) is 17.1 Å². The number of anilines is 2. The molecule has 3 rings (SSSR count). The third-order valence-electron chi connectivity index (χ3n) is 3.91. The van der Waals surface area contributed by atoms with Crippen molar-refractivity contribution in [3.05, 3.63) is 94.5 Å². The van der Waals surface area contributed by atoms with Crippen LogP contribution in [0, 0.1) is 11.6 Å². The summed E-state index contributed by atoms with van der Waals surface area (Å²) in [5.74, 6) is -1.26. The summed E-state index contributed by atoms with van der Waals surface area (Å²) < 4.78 is 29.4. The van der Waals surface area contributed by atoms with E-state index in [2.05, 4.69) is 15.4 Å². The molecule has 0 aliphatic rings. The second-order valence-corrected chi connectivity index (χ2v) is 7.29. The first-order chi connectivity index (χ1) is 14.4. The van der Waals surface area contributed by atoms with Crippen LogP contribution in [0.1, 0.15) is 15.9 Å². The fraction of sp³-hybridized carbons (Fsp3) is 0.0476. The molecular weight excluding hydrogens is 432 g/mol. The van der Waals surface area contributed by atoms with E-state index in [-0.39, 0.29) is 10.6 Å². The van der Waals surface area contributed by atoms with Crippen LogP contribution in [0.3, 0.4) is 0 Å². The molecule has 3 N–H and O–H groups in total. The van der Waals surface area contributed by atoms with Crippen LogP contribution in [-0.4, -0.2) is 11.9 Å². The molecule has 0 heterocycles. The number of amides is 3. The van der Waals surface area contributed by atoms with Gasteiger partial charge in [0.2, 0.25) is 0 Å². The minimum atomic E-state index is -0.606. The Kier molecular flexibility index (Phi) is 7.26. The first kappa shape index (κ1) is 21.6. The normalized spacial score (nSPS) is 10.4. The van der Waals surface area contributed by atoms with Crippen molar-refractivity contribution in [2.75, 3.05) is 10.6 Å². The Morgan fingerprint density at radius 2 is 1.53 bits per heavy atom. The van der Waals surface area contributed by atoms with E-state index in [1.165, 1.54) is 30.3 Å². The van der Waals surface area contributed by atoms with E-state index in [0.717, 1.165) is 17.5 Å². The fourth-order valence-corrected chi connectivity index (χ4v) is 3.26. The molecule has 0 saturated heterocycles. The Hall–Kier alpha value is -3.10. The lowest BCUT2D eigenvalue weighted by Gasteiger charge is -2.09. The summed E-state index contributed by atoms with van der Waals surface area (Å²) in [6.07, 6.45) is 0. The molecule has 0 spiro atoms. The minimum Gasteiger partial charge on any atom is -0.322 e. The number of halogens is 3. The lowest BCUT2D eigenvalue weighted by Crippen LogP contribution is -2.23. The molecule has 0 aliphatic carbocycles. The number of hydrogen-bond acceptors (Lipinski definition) is 3. The number of carbonyl (C=O) groups is 2. The van der Waals surface area contributed by atoms with Crippen LogP contribution in [0.15, 0.2) is 66.7 Å². The molecule has 154 valence electrons. The molecule has 3 aromatic carbocycles. The fourth-order valence-electron chi connectivity index (χ4n) is 2.45. The van der Waals surface area contributed by atoms with Crippen molar-refractivity contribution in [3.8, 4) is 0 Å². The zero-order chi connectivity index (χ0) is 21.5. The maximum Gasteiger partial charge on any atom is 0.329 e. The maximum atomic E-state index is 13.7. The van der Waals surface area contributed by atoms with Gasteiger partial charge < -0.3 is 10.6 Å². The molecule has 0 aliphatic heterocycles. The van der Waals surface area contributed by atoms with Crippen LogP contribution in [0.25, 0.3) is 0 Å². The van der Waals surface area contributed by atoms with Crippen molar-refractivity contribution >= 4 is 46.9 Å². The molecule has 9 heteroatoms. The molecule has 0 saturated carbocycles. The molecule has 30 heavy (non-hydrogen) atoms. The van der Waals surface area contributed by atoms with Gasteiger partial charge in [0.1, 0.15) is 11.6 Å². The first-order valence-corrected chi connectivity index (χ1v) is 10.1.